The quantitative estimate of drug-likeness (QED) is 0.681. The number of nitrogens with zero attached hydrogens (tertiary/aromatic N) is 6. The number of rotatable bonds is 2. The zero-order valence-corrected chi connectivity index (χ0v) is 9.28. The van der Waals surface area contributed by atoms with Gasteiger partial charge in [0.15, 0.2) is 11.5 Å². The molecule has 0 aromatic carbocycles. The first-order valence-corrected chi connectivity index (χ1v) is 5.18. The zero-order valence-electron chi connectivity index (χ0n) is 9.28. The van der Waals surface area contributed by atoms with E-state index in [1.807, 2.05) is 19.1 Å². The summed E-state index contributed by atoms with van der Waals surface area (Å²) in [6, 6.07) is 3.79. The molecule has 3 rings (SSSR count). The van der Waals surface area contributed by atoms with Gasteiger partial charge in [0.25, 0.3) is 0 Å². The summed E-state index contributed by atoms with van der Waals surface area (Å²) >= 11 is 0. The van der Waals surface area contributed by atoms with Gasteiger partial charge >= 0.3 is 0 Å². The van der Waals surface area contributed by atoms with Gasteiger partial charge in [0, 0.05) is 6.20 Å². The lowest BCUT2D eigenvalue weighted by molar-refractivity contribution is 0.634. The maximum atomic E-state index is 5.60. The molecule has 17 heavy (non-hydrogen) atoms. The van der Waals surface area contributed by atoms with Gasteiger partial charge in [-0.15, -0.1) is 10.2 Å². The maximum absolute atomic E-state index is 5.60. The van der Waals surface area contributed by atoms with Crippen LogP contribution in [0.2, 0.25) is 0 Å². The molecule has 3 aromatic heterocycles. The molecule has 86 valence electrons. The topological polar surface area (TPSA) is 86.9 Å². The van der Waals surface area contributed by atoms with E-state index in [-0.39, 0.29) is 0 Å². The molecular weight excluding hydrogens is 218 g/mol. The van der Waals surface area contributed by atoms with Crippen LogP contribution in [0, 0.1) is 6.92 Å². The fraction of sp³-hybridized carbons (Fsp3) is 0.200. The molecule has 7 heteroatoms. The molecule has 7 nitrogen and oxygen atoms in total. The summed E-state index contributed by atoms with van der Waals surface area (Å²) in [7, 11) is 0. The van der Waals surface area contributed by atoms with E-state index in [0.717, 1.165) is 17.2 Å². The molecule has 0 atom stereocenters. The molecule has 0 aliphatic heterocycles. The third kappa shape index (κ3) is 1.71. The van der Waals surface area contributed by atoms with E-state index in [2.05, 4.69) is 20.4 Å². The van der Waals surface area contributed by atoms with Crippen molar-refractivity contribution in [2.24, 2.45) is 0 Å². The van der Waals surface area contributed by atoms with E-state index in [9.17, 15) is 0 Å². The van der Waals surface area contributed by atoms with Crippen LogP contribution in [0.15, 0.2) is 24.5 Å². The zero-order chi connectivity index (χ0) is 11.8. The van der Waals surface area contributed by atoms with Crippen LogP contribution in [0.1, 0.15) is 11.5 Å². The van der Waals surface area contributed by atoms with Crippen LogP contribution in [0.5, 0.6) is 0 Å². The molecule has 3 heterocycles. The summed E-state index contributed by atoms with van der Waals surface area (Å²) in [4.78, 5) is 0. The van der Waals surface area contributed by atoms with Gasteiger partial charge in [0.1, 0.15) is 6.54 Å². The van der Waals surface area contributed by atoms with Crippen molar-refractivity contribution in [2.45, 2.75) is 13.5 Å². The van der Waals surface area contributed by atoms with E-state index in [1.54, 1.807) is 21.6 Å². The Balaban J connectivity index is 2.03. The van der Waals surface area contributed by atoms with Gasteiger partial charge in [0.2, 0.25) is 0 Å². The molecule has 0 saturated carbocycles. The molecule has 0 unspecified atom stereocenters. The van der Waals surface area contributed by atoms with E-state index in [0.29, 0.717) is 12.2 Å². The molecule has 0 amide bonds. The lowest BCUT2D eigenvalue weighted by Crippen LogP contribution is -2.07. The Kier molecular flexibility index (Phi) is 2.04. The van der Waals surface area contributed by atoms with Crippen LogP contribution < -0.4 is 5.73 Å². The van der Waals surface area contributed by atoms with Crippen molar-refractivity contribution in [2.75, 3.05) is 5.73 Å². The van der Waals surface area contributed by atoms with Crippen molar-refractivity contribution < 1.29 is 0 Å². The Hall–Kier alpha value is -2.44. The Labute approximate surface area is 96.9 Å². The van der Waals surface area contributed by atoms with Crippen LogP contribution in [-0.4, -0.2) is 29.6 Å². The molecule has 0 aliphatic carbocycles. The number of aryl methyl sites for hydroxylation is 1. The second kappa shape index (κ2) is 3.55. The minimum Gasteiger partial charge on any atom is -0.396 e. The summed E-state index contributed by atoms with van der Waals surface area (Å²) < 4.78 is 3.42. The van der Waals surface area contributed by atoms with E-state index >= 15 is 0 Å². The summed E-state index contributed by atoms with van der Waals surface area (Å²) in [5, 5.41) is 16.6. The summed E-state index contributed by atoms with van der Waals surface area (Å²) in [5.74, 6) is 0.729. The Morgan fingerprint density at radius 3 is 2.94 bits per heavy atom. The summed E-state index contributed by atoms with van der Waals surface area (Å²) in [6.07, 6.45) is 3.35. The monoisotopic (exact) mass is 229 g/mol. The minimum absolute atomic E-state index is 0.495. The van der Waals surface area contributed by atoms with E-state index < -0.39 is 0 Å². The van der Waals surface area contributed by atoms with Gasteiger partial charge in [-0.25, -0.2) is 0 Å². The lowest BCUT2D eigenvalue weighted by atomic mass is 10.4. The standard InChI is InChI=1S/C10H11N7/c1-7-2-3-9-13-14-10(17(9)15-7)6-16-5-8(11)4-12-16/h2-5H,6,11H2,1H3. The number of nitrogens with two attached hydrogens (primary N) is 1. The average molecular weight is 229 g/mol. The molecule has 0 radical (unpaired) electrons. The molecule has 0 spiro atoms. The summed E-state index contributed by atoms with van der Waals surface area (Å²) in [6.45, 7) is 2.42. The van der Waals surface area contributed by atoms with Crippen molar-refractivity contribution in [1.29, 1.82) is 0 Å². The van der Waals surface area contributed by atoms with Gasteiger partial charge in [-0.05, 0) is 19.1 Å². The lowest BCUT2D eigenvalue weighted by Gasteiger charge is -2.00. The Bertz CT molecular complexity index is 666. The smallest absolute Gasteiger partial charge is 0.177 e. The van der Waals surface area contributed by atoms with Crippen molar-refractivity contribution >= 4 is 11.3 Å². The molecular formula is C10H11N7. The number of fused-ring (bicyclic) bond motifs is 1. The molecule has 0 fully saturated rings. The van der Waals surface area contributed by atoms with E-state index in [4.69, 9.17) is 5.73 Å². The minimum atomic E-state index is 0.495. The first-order valence-electron chi connectivity index (χ1n) is 5.18. The number of hydrogen-bond donors (Lipinski definition) is 1. The molecule has 0 bridgehead atoms. The third-order valence-electron chi connectivity index (χ3n) is 2.42. The largest absolute Gasteiger partial charge is 0.396 e. The fourth-order valence-electron chi connectivity index (χ4n) is 1.63. The second-order valence-electron chi connectivity index (χ2n) is 3.83. The van der Waals surface area contributed by atoms with Gasteiger partial charge in [-0.2, -0.15) is 14.7 Å². The van der Waals surface area contributed by atoms with Crippen LogP contribution in [0.4, 0.5) is 5.69 Å². The first-order chi connectivity index (χ1) is 8.22. The average Bonchev–Trinajstić information content (AvgIpc) is 2.87. The Morgan fingerprint density at radius 2 is 2.18 bits per heavy atom. The van der Waals surface area contributed by atoms with Gasteiger partial charge in [-0.3, -0.25) is 4.68 Å². The molecule has 0 saturated heterocycles. The number of aromatic nitrogens is 6. The van der Waals surface area contributed by atoms with Crippen LogP contribution in [-0.2, 0) is 6.54 Å². The highest BCUT2D eigenvalue weighted by molar-refractivity contribution is 5.36. The highest BCUT2D eigenvalue weighted by atomic mass is 15.4. The van der Waals surface area contributed by atoms with Crippen LogP contribution >= 0.6 is 0 Å². The fourth-order valence-corrected chi connectivity index (χ4v) is 1.63. The third-order valence-corrected chi connectivity index (χ3v) is 2.42. The highest BCUT2D eigenvalue weighted by Gasteiger charge is 2.07. The predicted molar refractivity (Wildman–Crippen MR) is 61.3 cm³/mol. The number of anilines is 1. The second-order valence-corrected chi connectivity index (χ2v) is 3.83. The van der Waals surface area contributed by atoms with Crippen LogP contribution in [0.25, 0.3) is 5.65 Å². The highest BCUT2D eigenvalue weighted by Crippen LogP contribution is 2.05. The van der Waals surface area contributed by atoms with Gasteiger partial charge in [-0.1, -0.05) is 0 Å². The summed E-state index contributed by atoms with van der Waals surface area (Å²) in [5.41, 5.74) is 7.87. The van der Waals surface area contributed by atoms with Crippen molar-refractivity contribution in [3.8, 4) is 0 Å². The van der Waals surface area contributed by atoms with Crippen molar-refractivity contribution in [1.82, 2.24) is 29.6 Å². The predicted octanol–water partition coefficient (Wildman–Crippen LogP) is 0.260. The number of hydrogen-bond acceptors (Lipinski definition) is 5. The normalized spacial score (nSPS) is 11.1. The maximum Gasteiger partial charge on any atom is 0.177 e. The number of nitrogen functional groups attached to an aromatic ring is 1. The SMILES string of the molecule is Cc1ccc2nnc(Cn3cc(N)cn3)n2n1. The van der Waals surface area contributed by atoms with Gasteiger partial charge < -0.3 is 5.73 Å². The molecule has 0 aliphatic rings. The molecule has 3 aromatic rings. The molecule has 2 N–H and O–H groups in total. The first kappa shape index (κ1) is 9.76. The van der Waals surface area contributed by atoms with Gasteiger partial charge in [0.05, 0.1) is 17.6 Å². The van der Waals surface area contributed by atoms with Crippen LogP contribution in [0.3, 0.4) is 0 Å². The Morgan fingerprint density at radius 1 is 1.29 bits per heavy atom. The van der Waals surface area contributed by atoms with E-state index in [1.165, 1.54) is 0 Å². The van der Waals surface area contributed by atoms with Crippen molar-refractivity contribution in [3.05, 3.63) is 36.0 Å². The van der Waals surface area contributed by atoms with Crippen molar-refractivity contribution in [3.63, 3.8) is 0 Å².